The molecule has 0 atom stereocenters. The number of halogens is 6. The van der Waals surface area contributed by atoms with Gasteiger partial charge in [-0.05, 0) is 31.2 Å². The highest BCUT2D eigenvalue weighted by atomic mass is 19.4. The fraction of sp³-hybridized carbons (Fsp3) is 0.368. The molecular weight excluding hydrogens is 758 g/mol. The van der Waals surface area contributed by atoms with E-state index in [0.29, 0.717) is 11.4 Å². The fourth-order valence-electron chi connectivity index (χ4n) is 4.48. The second kappa shape index (κ2) is 17.7. The fourth-order valence-corrected chi connectivity index (χ4v) is 4.48. The van der Waals surface area contributed by atoms with E-state index in [-0.39, 0.29) is 63.1 Å². The summed E-state index contributed by atoms with van der Waals surface area (Å²) < 4.78 is 109. The molecule has 0 unspecified atom stereocenters. The number of carboxylic acid groups (broad SMARTS) is 1. The summed E-state index contributed by atoms with van der Waals surface area (Å²) in [4.78, 5) is 32.1. The monoisotopic (exact) mass is 798 g/mol. The largest absolute Gasteiger partial charge is 0.573 e. The summed E-state index contributed by atoms with van der Waals surface area (Å²) in [6, 6.07) is 9.68. The van der Waals surface area contributed by atoms with Crippen LogP contribution in [0.2, 0.25) is 0 Å². The summed E-state index contributed by atoms with van der Waals surface area (Å²) in [6.07, 6.45) is -7.17. The maximum absolute atomic E-state index is 12.4. The molecule has 0 aliphatic rings. The van der Waals surface area contributed by atoms with Crippen LogP contribution in [0.1, 0.15) is 80.6 Å². The quantitative estimate of drug-likeness (QED) is 0.114. The first-order valence-electron chi connectivity index (χ1n) is 16.5. The smallest absolute Gasteiger partial charge is 0.493 e. The third-order valence-electron chi connectivity index (χ3n) is 7.17. The Balaban J connectivity index is 0.000000301. The lowest BCUT2D eigenvalue weighted by atomic mass is 9.91. The highest BCUT2D eigenvalue weighted by Gasteiger charge is 2.33. The van der Waals surface area contributed by atoms with Gasteiger partial charge in [-0.2, -0.15) is 0 Å². The van der Waals surface area contributed by atoms with E-state index in [9.17, 15) is 41.0 Å². The number of benzene rings is 2. The van der Waals surface area contributed by atoms with E-state index in [4.69, 9.17) is 23.7 Å². The van der Waals surface area contributed by atoms with E-state index in [1.54, 1.807) is 13.0 Å². The maximum atomic E-state index is 12.4. The zero-order chi connectivity index (χ0) is 42.2. The van der Waals surface area contributed by atoms with Gasteiger partial charge in [-0.1, -0.05) is 41.5 Å². The second-order valence-electron chi connectivity index (χ2n) is 13.6. The number of carbonyl (C=O) groups excluding carboxylic acids is 1. The van der Waals surface area contributed by atoms with E-state index in [2.05, 4.69) is 19.4 Å². The van der Waals surface area contributed by atoms with Gasteiger partial charge in [0.15, 0.2) is 23.0 Å². The van der Waals surface area contributed by atoms with E-state index in [0.717, 1.165) is 24.3 Å². The first-order chi connectivity index (χ1) is 25.8. The molecule has 4 rings (SSSR count). The normalized spacial score (nSPS) is 11.8. The Bertz CT molecular complexity index is 2010. The molecule has 4 aromatic rings. The number of aromatic carboxylic acids is 1. The number of rotatable bonds is 11. The number of carboxylic acids is 1. The number of hydrogen-bond donors (Lipinski definition) is 1. The predicted molar refractivity (Wildman–Crippen MR) is 188 cm³/mol. The molecule has 2 heterocycles. The average Bonchev–Trinajstić information content (AvgIpc) is 3.07. The van der Waals surface area contributed by atoms with Crippen LogP contribution in [0.3, 0.4) is 0 Å². The van der Waals surface area contributed by atoms with Crippen molar-refractivity contribution in [3.05, 3.63) is 83.4 Å². The molecule has 304 valence electrons. The van der Waals surface area contributed by atoms with Gasteiger partial charge in [0.05, 0.1) is 20.8 Å². The number of methoxy groups -OCH3 is 2. The molecule has 0 bridgehead atoms. The third-order valence-corrected chi connectivity index (χ3v) is 7.17. The van der Waals surface area contributed by atoms with Crippen molar-refractivity contribution in [1.82, 2.24) is 9.97 Å². The average molecular weight is 799 g/mol. The SMILES string of the molecule is CCOC(=O)c1cnc(C(C)(C)C)cc1Oc1ccc(OC(F)(F)F)cc1OC.COc1cc(OC(F)(F)F)ccc1Oc1cc(C(C)(C)C)ncc1C(=O)O. The summed E-state index contributed by atoms with van der Waals surface area (Å²) in [6.45, 7) is 13.3. The lowest BCUT2D eigenvalue weighted by Gasteiger charge is -2.20. The molecule has 0 saturated heterocycles. The van der Waals surface area contributed by atoms with Crippen LogP contribution in [-0.4, -0.2) is 60.6 Å². The molecule has 0 radical (unpaired) electrons. The molecule has 0 aliphatic carbocycles. The first-order valence-corrected chi connectivity index (χ1v) is 16.5. The van der Waals surface area contributed by atoms with E-state index >= 15 is 0 Å². The molecule has 2 aromatic carbocycles. The number of hydrogen-bond acceptors (Lipinski definition) is 11. The highest BCUT2D eigenvalue weighted by Crippen LogP contribution is 2.40. The summed E-state index contributed by atoms with van der Waals surface area (Å²) in [7, 11) is 2.52. The number of ether oxygens (including phenoxy) is 7. The van der Waals surface area contributed by atoms with Gasteiger partial charge in [-0.25, -0.2) is 9.59 Å². The van der Waals surface area contributed by atoms with Crippen molar-refractivity contribution in [3.8, 4) is 46.0 Å². The first kappa shape index (κ1) is 44.5. The molecule has 0 amide bonds. The molecule has 0 fully saturated rings. The number of aromatic nitrogens is 2. The topological polar surface area (TPSA) is 145 Å². The molecular formula is C38H40F6N2O10. The number of alkyl halides is 6. The highest BCUT2D eigenvalue weighted by molar-refractivity contribution is 5.92. The molecule has 12 nitrogen and oxygen atoms in total. The van der Waals surface area contributed by atoms with Gasteiger partial charge in [0.25, 0.3) is 0 Å². The number of nitrogens with zero attached hydrogens (tertiary/aromatic N) is 2. The maximum Gasteiger partial charge on any atom is 0.573 e. The minimum absolute atomic E-state index is 0.00400. The molecule has 0 spiro atoms. The molecule has 18 heteroatoms. The Labute approximate surface area is 318 Å². The number of esters is 1. The lowest BCUT2D eigenvalue weighted by molar-refractivity contribution is -0.275. The minimum atomic E-state index is -4.85. The van der Waals surface area contributed by atoms with Crippen molar-refractivity contribution in [2.45, 2.75) is 72.0 Å². The van der Waals surface area contributed by atoms with E-state index in [1.807, 2.05) is 41.5 Å². The molecule has 1 N–H and O–H groups in total. The Morgan fingerprint density at radius 2 is 1.00 bits per heavy atom. The molecule has 2 aromatic heterocycles. The minimum Gasteiger partial charge on any atom is -0.493 e. The van der Waals surface area contributed by atoms with Crippen molar-refractivity contribution < 1.29 is 74.2 Å². The van der Waals surface area contributed by atoms with Gasteiger partial charge in [0.2, 0.25) is 0 Å². The third kappa shape index (κ3) is 12.8. The standard InChI is InChI=1S/C20H22F3NO5.C18H18F3NO5/c1-6-27-18(25)13-11-24-17(19(2,3)4)10-15(13)28-14-8-7-12(9-16(14)26-5)29-20(21,22)23;1-17(2,3)15-8-13(11(9-22-15)16(23)24)26-12-6-5-10(7-14(12)25-4)27-18(19,20)21/h7-11H,6H2,1-5H3;5-9H,1-4H3,(H,23,24). The lowest BCUT2D eigenvalue weighted by Crippen LogP contribution is -2.17. The van der Waals surface area contributed by atoms with Crippen molar-refractivity contribution in [2.24, 2.45) is 0 Å². The van der Waals surface area contributed by atoms with Crippen LogP contribution in [-0.2, 0) is 15.6 Å². The van der Waals surface area contributed by atoms with Crippen LogP contribution < -0.4 is 28.4 Å². The van der Waals surface area contributed by atoms with Crippen molar-refractivity contribution in [2.75, 3.05) is 20.8 Å². The molecule has 56 heavy (non-hydrogen) atoms. The summed E-state index contributed by atoms with van der Waals surface area (Å²) >= 11 is 0. The van der Waals surface area contributed by atoms with E-state index in [1.165, 1.54) is 44.8 Å². The Kier molecular flexibility index (Phi) is 14.0. The van der Waals surface area contributed by atoms with Crippen molar-refractivity contribution in [1.29, 1.82) is 0 Å². The number of pyridine rings is 2. The zero-order valence-corrected chi connectivity index (χ0v) is 31.8. The number of carbonyl (C=O) groups is 2. The van der Waals surface area contributed by atoms with Gasteiger partial charge in [-0.15, -0.1) is 26.3 Å². The van der Waals surface area contributed by atoms with Gasteiger partial charge < -0.3 is 38.3 Å². The Morgan fingerprint density at radius 3 is 1.34 bits per heavy atom. The van der Waals surface area contributed by atoms with Gasteiger partial charge in [0, 0.05) is 58.9 Å². The van der Waals surface area contributed by atoms with E-state index < -0.39 is 36.2 Å². The van der Waals surface area contributed by atoms with Crippen LogP contribution in [0, 0.1) is 0 Å². The Hall–Kier alpha value is -5.94. The van der Waals surface area contributed by atoms with Gasteiger partial charge in [-0.3, -0.25) is 9.97 Å². The zero-order valence-electron chi connectivity index (χ0n) is 31.8. The van der Waals surface area contributed by atoms with Crippen LogP contribution in [0.4, 0.5) is 26.3 Å². The van der Waals surface area contributed by atoms with Crippen LogP contribution in [0.25, 0.3) is 0 Å². The molecule has 0 saturated carbocycles. The van der Waals surface area contributed by atoms with Gasteiger partial charge in [0.1, 0.15) is 34.1 Å². The molecule has 0 aliphatic heterocycles. The van der Waals surface area contributed by atoms with Crippen LogP contribution in [0.5, 0.6) is 46.0 Å². The summed E-state index contributed by atoms with van der Waals surface area (Å²) in [5.74, 6) is -2.64. The summed E-state index contributed by atoms with van der Waals surface area (Å²) in [5.41, 5.74) is 0.414. The van der Waals surface area contributed by atoms with Crippen LogP contribution in [0.15, 0.2) is 60.9 Å². The van der Waals surface area contributed by atoms with Gasteiger partial charge >= 0.3 is 24.7 Å². The van der Waals surface area contributed by atoms with Crippen LogP contribution >= 0.6 is 0 Å². The Morgan fingerprint density at radius 1 is 0.607 bits per heavy atom. The second-order valence-corrected chi connectivity index (χ2v) is 13.6. The predicted octanol–water partition coefficient (Wildman–Crippen LogP) is 10.0. The van der Waals surface area contributed by atoms with Crippen molar-refractivity contribution in [3.63, 3.8) is 0 Å². The van der Waals surface area contributed by atoms with Crippen molar-refractivity contribution >= 4 is 11.9 Å². The summed E-state index contributed by atoms with van der Waals surface area (Å²) in [5, 5.41) is 9.34.